The molecule has 1 aliphatic heterocycles. The first-order valence-electron chi connectivity index (χ1n) is 7.06. The maximum atomic E-state index is 11.9. The predicted octanol–water partition coefficient (Wildman–Crippen LogP) is 0.814. The number of rotatable bonds is 6. The highest BCUT2D eigenvalue weighted by Gasteiger charge is 2.27. The summed E-state index contributed by atoms with van der Waals surface area (Å²) in [5, 5.41) is 8.06. The zero-order chi connectivity index (χ0) is 15.2. The number of carbonyl (C=O) groups is 2. The molecule has 0 unspecified atom stereocenters. The third-order valence-corrected chi connectivity index (χ3v) is 3.50. The minimum absolute atomic E-state index is 0.0529. The SMILES string of the molecule is COc1ccc(CC[C@H](C)NC(=O)[C@@H]2CNC(=O)N2)cc1. The number of ether oxygens (including phenoxy) is 1. The minimum atomic E-state index is -0.471. The number of aryl methyl sites for hydroxylation is 1. The number of nitrogens with one attached hydrogen (secondary N) is 3. The van der Waals surface area contributed by atoms with E-state index in [-0.39, 0.29) is 18.0 Å². The summed E-state index contributed by atoms with van der Waals surface area (Å²) < 4.78 is 5.12. The van der Waals surface area contributed by atoms with Crippen molar-refractivity contribution in [2.45, 2.75) is 31.8 Å². The average molecular weight is 291 g/mol. The molecule has 1 aromatic rings. The second-order valence-corrected chi connectivity index (χ2v) is 5.20. The Kier molecular flexibility index (Phi) is 5.03. The summed E-state index contributed by atoms with van der Waals surface area (Å²) in [6.45, 7) is 2.31. The van der Waals surface area contributed by atoms with Crippen LogP contribution in [0.25, 0.3) is 0 Å². The smallest absolute Gasteiger partial charge is 0.315 e. The van der Waals surface area contributed by atoms with Crippen LogP contribution in [-0.2, 0) is 11.2 Å². The standard InChI is InChI=1S/C15H21N3O3/c1-10(17-14(19)13-9-16-15(20)18-13)3-4-11-5-7-12(21-2)8-6-11/h5-8,10,13H,3-4,9H2,1-2H3,(H,17,19)(H2,16,18,20)/t10-,13-/m0/s1. The summed E-state index contributed by atoms with van der Waals surface area (Å²) in [6.07, 6.45) is 1.72. The van der Waals surface area contributed by atoms with Gasteiger partial charge in [0, 0.05) is 12.6 Å². The number of hydrogen-bond acceptors (Lipinski definition) is 3. The van der Waals surface area contributed by atoms with Gasteiger partial charge < -0.3 is 20.7 Å². The van der Waals surface area contributed by atoms with Crippen LogP contribution in [0, 0.1) is 0 Å². The molecular formula is C15H21N3O3. The van der Waals surface area contributed by atoms with E-state index in [1.807, 2.05) is 31.2 Å². The molecule has 3 N–H and O–H groups in total. The van der Waals surface area contributed by atoms with Crippen molar-refractivity contribution < 1.29 is 14.3 Å². The van der Waals surface area contributed by atoms with Crippen molar-refractivity contribution in [3.05, 3.63) is 29.8 Å². The van der Waals surface area contributed by atoms with Gasteiger partial charge in [0.25, 0.3) is 0 Å². The van der Waals surface area contributed by atoms with E-state index in [4.69, 9.17) is 4.74 Å². The second-order valence-electron chi connectivity index (χ2n) is 5.20. The predicted molar refractivity (Wildman–Crippen MR) is 79.2 cm³/mol. The van der Waals surface area contributed by atoms with Crippen LogP contribution in [0.4, 0.5) is 4.79 Å². The van der Waals surface area contributed by atoms with Gasteiger partial charge in [0.2, 0.25) is 5.91 Å². The molecule has 1 aliphatic rings. The molecular weight excluding hydrogens is 270 g/mol. The molecule has 2 atom stereocenters. The summed E-state index contributed by atoms with van der Waals surface area (Å²) in [6, 6.07) is 7.19. The van der Waals surface area contributed by atoms with Gasteiger partial charge in [0.05, 0.1) is 7.11 Å². The Balaban J connectivity index is 1.74. The van der Waals surface area contributed by atoms with Gasteiger partial charge in [0.15, 0.2) is 0 Å². The lowest BCUT2D eigenvalue weighted by molar-refractivity contribution is -0.123. The van der Waals surface area contributed by atoms with Crippen LogP contribution < -0.4 is 20.7 Å². The van der Waals surface area contributed by atoms with Crippen LogP contribution in [0.3, 0.4) is 0 Å². The van der Waals surface area contributed by atoms with Crippen LogP contribution in [-0.4, -0.2) is 37.7 Å². The molecule has 6 heteroatoms. The van der Waals surface area contributed by atoms with Crippen molar-refractivity contribution in [1.82, 2.24) is 16.0 Å². The van der Waals surface area contributed by atoms with Crippen LogP contribution >= 0.6 is 0 Å². The topological polar surface area (TPSA) is 79.5 Å². The lowest BCUT2D eigenvalue weighted by atomic mass is 10.1. The summed E-state index contributed by atoms with van der Waals surface area (Å²) in [5.41, 5.74) is 1.20. The van der Waals surface area contributed by atoms with Gasteiger partial charge in [-0.3, -0.25) is 4.79 Å². The van der Waals surface area contributed by atoms with Crippen LogP contribution in [0.15, 0.2) is 24.3 Å². The first kappa shape index (κ1) is 15.2. The monoisotopic (exact) mass is 291 g/mol. The highest BCUT2D eigenvalue weighted by Crippen LogP contribution is 2.13. The molecule has 114 valence electrons. The Bertz CT molecular complexity index is 501. The summed E-state index contributed by atoms with van der Waals surface area (Å²) in [7, 11) is 1.64. The summed E-state index contributed by atoms with van der Waals surface area (Å²) >= 11 is 0. The molecule has 3 amide bonds. The molecule has 1 fully saturated rings. The van der Waals surface area contributed by atoms with Crippen LogP contribution in [0.1, 0.15) is 18.9 Å². The molecule has 6 nitrogen and oxygen atoms in total. The molecule has 1 heterocycles. The third-order valence-electron chi connectivity index (χ3n) is 3.50. The molecule has 0 spiro atoms. The lowest BCUT2D eigenvalue weighted by Gasteiger charge is -2.16. The molecule has 0 saturated carbocycles. The van der Waals surface area contributed by atoms with E-state index < -0.39 is 6.04 Å². The highest BCUT2D eigenvalue weighted by atomic mass is 16.5. The van der Waals surface area contributed by atoms with Crippen molar-refractivity contribution >= 4 is 11.9 Å². The quantitative estimate of drug-likeness (QED) is 0.726. The highest BCUT2D eigenvalue weighted by molar-refractivity contribution is 5.90. The first-order valence-corrected chi connectivity index (χ1v) is 7.06. The average Bonchev–Trinajstić information content (AvgIpc) is 2.92. The zero-order valence-corrected chi connectivity index (χ0v) is 12.3. The zero-order valence-electron chi connectivity index (χ0n) is 12.3. The Morgan fingerprint density at radius 2 is 2.14 bits per heavy atom. The van der Waals surface area contributed by atoms with Crippen molar-refractivity contribution in [1.29, 1.82) is 0 Å². The Hall–Kier alpha value is -2.24. The Morgan fingerprint density at radius 1 is 1.43 bits per heavy atom. The normalized spacial score (nSPS) is 18.6. The number of carbonyl (C=O) groups excluding carboxylic acids is 2. The maximum Gasteiger partial charge on any atom is 0.315 e. The molecule has 0 bridgehead atoms. The third kappa shape index (κ3) is 4.37. The van der Waals surface area contributed by atoms with E-state index in [2.05, 4.69) is 16.0 Å². The minimum Gasteiger partial charge on any atom is -0.497 e. The van der Waals surface area contributed by atoms with Gasteiger partial charge in [-0.1, -0.05) is 12.1 Å². The van der Waals surface area contributed by atoms with Gasteiger partial charge in [-0.2, -0.15) is 0 Å². The molecule has 21 heavy (non-hydrogen) atoms. The van der Waals surface area contributed by atoms with E-state index in [1.54, 1.807) is 7.11 Å². The van der Waals surface area contributed by atoms with Gasteiger partial charge in [-0.05, 0) is 37.5 Å². The first-order chi connectivity index (χ1) is 10.1. The number of urea groups is 1. The fourth-order valence-electron chi connectivity index (χ4n) is 2.20. The second kappa shape index (κ2) is 6.97. The molecule has 1 aromatic carbocycles. The van der Waals surface area contributed by atoms with Gasteiger partial charge in [0.1, 0.15) is 11.8 Å². The summed E-state index contributed by atoms with van der Waals surface area (Å²) in [4.78, 5) is 22.9. The number of methoxy groups -OCH3 is 1. The van der Waals surface area contributed by atoms with E-state index in [0.717, 1.165) is 18.6 Å². The van der Waals surface area contributed by atoms with E-state index in [1.165, 1.54) is 5.56 Å². The van der Waals surface area contributed by atoms with E-state index in [9.17, 15) is 9.59 Å². The Labute approximate surface area is 124 Å². The van der Waals surface area contributed by atoms with Crippen molar-refractivity contribution in [3.8, 4) is 5.75 Å². The Morgan fingerprint density at radius 3 is 2.71 bits per heavy atom. The van der Waals surface area contributed by atoms with Crippen molar-refractivity contribution in [2.75, 3.05) is 13.7 Å². The molecule has 0 radical (unpaired) electrons. The molecule has 0 aliphatic carbocycles. The fraction of sp³-hybridized carbons (Fsp3) is 0.467. The number of benzene rings is 1. The largest absolute Gasteiger partial charge is 0.497 e. The van der Waals surface area contributed by atoms with E-state index in [0.29, 0.717) is 6.54 Å². The number of amides is 3. The van der Waals surface area contributed by atoms with Gasteiger partial charge >= 0.3 is 6.03 Å². The number of hydrogen-bond donors (Lipinski definition) is 3. The van der Waals surface area contributed by atoms with E-state index >= 15 is 0 Å². The molecule has 1 saturated heterocycles. The molecule has 0 aromatic heterocycles. The van der Waals surface area contributed by atoms with Crippen molar-refractivity contribution in [3.63, 3.8) is 0 Å². The maximum absolute atomic E-state index is 11.9. The van der Waals surface area contributed by atoms with Crippen molar-refractivity contribution in [2.24, 2.45) is 0 Å². The fourth-order valence-corrected chi connectivity index (χ4v) is 2.20. The lowest BCUT2D eigenvalue weighted by Crippen LogP contribution is -2.46. The van der Waals surface area contributed by atoms with Gasteiger partial charge in [-0.15, -0.1) is 0 Å². The van der Waals surface area contributed by atoms with Crippen LogP contribution in [0.5, 0.6) is 5.75 Å². The van der Waals surface area contributed by atoms with Gasteiger partial charge in [-0.25, -0.2) is 4.79 Å². The molecule has 2 rings (SSSR count). The van der Waals surface area contributed by atoms with Crippen LogP contribution in [0.2, 0.25) is 0 Å². The summed E-state index contributed by atoms with van der Waals surface area (Å²) in [5.74, 6) is 0.695.